The molecule has 0 fully saturated rings. The second-order valence-electron chi connectivity index (χ2n) is 2.15. The van der Waals surface area contributed by atoms with Gasteiger partial charge in [0, 0.05) is 3.57 Å². The van der Waals surface area contributed by atoms with Gasteiger partial charge in [0.05, 0.1) is 11.3 Å². The van der Waals surface area contributed by atoms with Crippen molar-refractivity contribution in [1.82, 2.24) is 0 Å². The number of nitrogens with two attached hydrogens (primary N) is 1. The molecule has 0 unspecified atom stereocenters. The number of benzene rings is 1. The van der Waals surface area contributed by atoms with E-state index in [1.54, 1.807) is 22.6 Å². The average Bonchev–Trinajstić information content (AvgIpc) is 1.96. The minimum atomic E-state index is -1.22. The van der Waals surface area contributed by atoms with Crippen LogP contribution in [0.1, 0.15) is 10.4 Å². The van der Waals surface area contributed by atoms with Crippen molar-refractivity contribution in [1.29, 1.82) is 0 Å². The molecule has 3 nitrogen and oxygen atoms in total. The quantitative estimate of drug-likeness (QED) is 0.608. The highest BCUT2D eigenvalue weighted by Gasteiger charge is 2.11. The molecular formula is C7H5FINO2. The molecule has 0 bridgehead atoms. The van der Waals surface area contributed by atoms with Gasteiger partial charge in [0.1, 0.15) is 5.82 Å². The summed E-state index contributed by atoms with van der Waals surface area (Å²) in [5.74, 6) is -1.81. The van der Waals surface area contributed by atoms with Gasteiger partial charge in [-0.05, 0) is 34.7 Å². The van der Waals surface area contributed by atoms with Gasteiger partial charge in [-0.25, -0.2) is 9.18 Å². The van der Waals surface area contributed by atoms with Crippen LogP contribution in [0.5, 0.6) is 0 Å². The van der Waals surface area contributed by atoms with E-state index in [1.807, 2.05) is 0 Å². The summed E-state index contributed by atoms with van der Waals surface area (Å²) in [5.41, 5.74) is 5.30. The van der Waals surface area contributed by atoms with Crippen LogP contribution in [0.15, 0.2) is 12.1 Å². The first-order chi connectivity index (χ1) is 5.52. The molecule has 64 valence electrons. The van der Waals surface area contributed by atoms with Gasteiger partial charge >= 0.3 is 5.97 Å². The average molecular weight is 281 g/mol. The lowest BCUT2D eigenvalue weighted by molar-refractivity contribution is 0.0697. The van der Waals surface area contributed by atoms with Crippen LogP contribution in [0.25, 0.3) is 0 Å². The molecule has 0 saturated carbocycles. The Morgan fingerprint density at radius 2 is 2.17 bits per heavy atom. The number of carboxylic acid groups (broad SMARTS) is 1. The van der Waals surface area contributed by atoms with E-state index in [-0.39, 0.29) is 11.3 Å². The second kappa shape index (κ2) is 3.26. The molecule has 0 aliphatic heterocycles. The summed E-state index contributed by atoms with van der Waals surface area (Å²) in [4.78, 5) is 10.5. The fourth-order valence-corrected chi connectivity index (χ4v) is 1.35. The van der Waals surface area contributed by atoms with E-state index in [9.17, 15) is 9.18 Å². The largest absolute Gasteiger partial charge is 0.478 e. The molecule has 1 aromatic carbocycles. The summed E-state index contributed by atoms with van der Waals surface area (Å²) in [6.45, 7) is 0. The summed E-state index contributed by atoms with van der Waals surface area (Å²) >= 11 is 1.78. The molecule has 0 aliphatic rings. The van der Waals surface area contributed by atoms with E-state index in [1.165, 1.54) is 6.07 Å². The number of carboxylic acids is 1. The molecule has 1 rings (SSSR count). The smallest absolute Gasteiger partial charge is 0.337 e. The van der Waals surface area contributed by atoms with E-state index < -0.39 is 11.8 Å². The van der Waals surface area contributed by atoms with Gasteiger partial charge in [-0.1, -0.05) is 0 Å². The van der Waals surface area contributed by atoms with Gasteiger partial charge in [0.15, 0.2) is 0 Å². The summed E-state index contributed by atoms with van der Waals surface area (Å²) in [6.07, 6.45) is 0. The summed E-state index contributed by atoms with van der Waals surface area (Å²) in [5, 5.41) is 8.56. The van der Waals surface area contributed by atoms with Gasteiger partial charge in [-0.2, -0.15) is 0 Å². The van der Waals surface area contributed by atoms with Crippen molar-refractivity contribution in [3.8, 4) is 0 Å². The van der Waals surface area contributed by atoms with Crippen LogP contribution in [0.3, 0.4) is 0 Å². The van der Waals surface area contributed by atoms with Gasteiger partial charge in [-0.3, -0.25) is 0 Å². The third-order valence-electron chi connectivity index (χ3n) is 1.32. The highest BCUT2D eigenvalue weighted by molar-refractivity contribution is 14.1. The van der Waals surface area contributed by atoms with Crippen molar-refractivity contribution < 1.29 is 14.3 Å². The van der Waals surface area contributed by atoms with Gasteiger partial charge in [0.25, 0.3) is 0 Å². The Morgan fingerprint density at radius 1 is 1.58 bits per heavy atom. The number of halogens is 2. The molecule has 0 atom stereocenters. The van der Waals surface area contributed by atoms with Crippen molar-refractivity contribution in [3.05, 3.63) is 27.1 Å². The van der Waals surface area contributed by atoms with Crippen LogP contribution in [-0.4, -0.2) is 11.1 Å². The monoisotopic (exact) mass is 281 g/mol. The Labute approximate surface area is 81.5 Å². The van der Waals surface area contributed by atoms with Crippen molar-refractivity contribution >= 4 is 34.2 Å². The highest BCUT2D eigenvalue weighted by Crippen LogP contribution is 2.21. The Bertz CT molecular complexity index is 340. The van der Waals surface area contributed by atoms with E-state index >= 15 is 0 Å². The normalized spacial score (nSPS) is 9.83. The zero-order valence-corrected chi connectivity index (χ0v) is 8.00. The minimum Gasteiger partial charge on any atom is -0.478 e. The molecule has 0 heterocycles. The summed E-state index contributed by atoms with van der Waals surface area (Å²) in [7, 11) is 0. The Kier molecular flexibility index (Phi) is 2.51. The van der Waals surface area contributed by atoms with E-state index in [0.717, 1.165) is 6.07 Å². The molecule has 0 aromatic heterocycles. The molecule has 0 aliphatic carbocycles. The van der Waals surface area contributed by atoms with E-state index in [4.69, 9.17) is 10.8 Å². The predicted molar refractivity (Wildman–Crippen MR) is 50.5 cm³/mol. The molecule has 3 N–H and O–H groups in total. The Morgan fingerprint density at radius 3 is 2.67 bits per heavy atom. The molecular weight excluding hydrogens is 276 g/mol. The zero-order chi connectivity index (χ0) is 9.30. The molecule has 1 aromatic rings. The molecule has 0 amide bonds. The zero-order valence-electron chi connectivity index (χ0n) is 5.84. The molecule has 0 radical (unpaired) electrons. The summed E-state index contributed by atoms with van der Waals surface area (Å²) < 4.78 is 13.1. The Balaban J connectivity index is 3.37. The lowest BCUT2D eigenvalue weighted by atomic mass is 10.2. The lowest BCUT2D eigenvalue weighted by Gasteiger charge is -2.02. The first-order valence-corrected chi connectivity index (χ1v) is 4.08. The van der Waals surface area contributed by atoms with Crippen LogP contribution in [0.4, 0.5) is 10.1 Å². The molecule has 0 spiro atoms. The first-order valence-electron chi connectivity index (χ1n) is 3.00. The first kappa shape index (κ1) is 9.24. The van der Waals surface area contributed by atoms with Gasteiger partial charge < -0.3 is 10.8 Å². The molecule has 0 saturated heterocycles. The molecule has 5 heteroatoms. The predicted octanol–water partition coefficient (Wildman–Crippen LogP) is 1.71. The van der Waals surface area contributed by atoms with Crippen molar-refractivity contribution in [2.75, 3.05) is 5.73 Å². The standard InChI is InChI=1S/C7H5FINO2/c8-3-1-4(7(11)12)6(10)5(9)2-3/h1-2H,10H2,(H,11,12). The fourth-order valence-electron chi connectivity index (χ4n) is 0.762. The number of hydrogen-bond acceptors (Lipinski definition) is 2. The fraction of sp³-hybridized carbons (Fsp3) is 0. The highest BCUT2D eigenvalue weighted by atomic mass is 127. The number of carbonyl (C=O) groups is 1. The van der Waals surface area contributed by atoms with Crippen LogP contribution >= 0.6 is 22.6 Å². The number of anilines is 1. The third kappa shape index (κ3) is 1.66. The number of rotatable bonds is 1. The maximum Gasteiger partial charge on any atom is 0.337 e. The van der Waals surface area contributed by atoms with E-state index in [2.05, 4.69) is 0 Å². The topological polar surface area (TPSA) is 63.3 Å². The SMILES string of the molecule is Nc1c(I)cc(F)cc1C(=O)O. The third-order valence-corrected chi connectivity index (χ3v) is 2.22. The number of hydrogen-bond donors (Lipinski definition) is 2. The van der Waals surface area contributed by atoms with Crippen molar-refractivity contribution in [2.45, 2.75) is 0 Å². The van der Waals surface area contributed by atoms with Gasteiger partial charge in [0.2, 0.25) is 0 Å². The maximum atomic E-state index is 12.6. The number of aromatic carboxylic acids is 1. The molecule has 12 heavy (non-hydrogen) atoms. The van der Waals surface area contributed by atoms with Crippen LogP contribution in [0.2, 0.25) is 0 Å². The number of nitrogen functional groups attached to an aromatic ring is 1. The lowest BCUT2D eigenvalue weighted by Crippen LogP contribution is -2.04. The summed E-state index contributed by atoms with van der Waals surface area (Å²) in [6, 6.07) is 2.09. The van der Waals surface area contributed by atoms with E-state index in [0.29, 0.717) is 3.57 Å². The van der Waals surface area contributed by atoms with Gasteiger partial charge in [-0.15, -0.1) is 0 Å². The van der Waals surface area contributed by atoms with Crippen molar-refractivity contribution in [2.24, 2.45) is 0 Å². The van der Waals surface area contributed by atoms with Crippen molar-refractivity contribution in [3.63, 3.8) is 0 Å². The van der Waals surface area contributed by atoms with Crippen LogP contribution in [-0.2, 0) is 0 Å². The Hall–Kier alpha value is -0.850. The van der Waals surface area contributed by atoms with Crippen LogP contribution < -0.4 is 5.73 Å². The maximum absolute atomic E-state index is 12.6. The van der Waals surface area contributed by atoms with Crippen LogP contribution in [0, 0.1) is 9.39 Å². The second-order valence-corrected chi connectivity index (χ2v) is 3.32. The minimum absolute atomic E-state index is 0.101.